The zero-order valence-corrected chi connectivity index (χ0v) is 14.2. The zero-order chi connectivity index (χ0) is 17.4. The van der Waals surface area contributed by atoms with E-state index in [1.54, 1.807) is 40.7 Å². The lowest BCUT2D eigenvalue weighted by Crippen LogP contribution is -2.47. The Balaban J connectivity index is 1.67. The molecule has 3 heterocycles. The van der Waals surface area contributed by atoms with Crippen molar-refractivity contribution in [1.82, 2.24) is 9.88 Å². The molecule has 2 aliphatic rings. The number of rotatable bonds is 3. The van der Waals surface area contributed by atoms with E-state index in [-0.39, 0.29) is 24.3 Å². The fourth-order valence-electron chi connectivity index (χ4n) is 3.36. The number of hydrogen-bond donors (Lipinski definition) is 1. The summed E-state index contributed by atoms with van der Waals surface area (Å²) in [6.45, 7) is 0.426. The minimum atomic E-state index is -0.493. The lowest BCUT2D eigenvalue weighted by atomic mass is 10.1. The number of carbonyl (C=O) groups is 3. The molecule has 1 atom stereocenters. The van der Waals surface area contributed by atoms with E-state index in [4.69, 9.17) is 0 Å². The molecule has 0 bridgehead atoms. The molecule has 8 heteroatoms. The van der Waals surface area contributed by atoms with Gasteiger partial charge in [0.25, 0.3) is 5.91 Å². The Morgan fingerprint density at radius 2 is 2.16 bits per heavy atom. The first-order valence-electron chi connectivity index (χ1n) is 8.06. The highest BCUT2D eigenvalue weighted by atomic mass is 32.1. The maximum Gasteiger partial charge on any atom is 0.256 e. The van der Waals surface area contributed by atoms with E-state index >= 15 is 0 Å². The van der Waals surface area contributed by atoms with Gasteiger partial charge in [0.1, 0.15) is 12.6 Å². The van der Waals surface area contributed by atoms with Gasteiger partial charge in [0.2, 0.25) is 11.8 Å². The van der Waals surface area contributed by atoms with E-state index in [1.165, 1.54) is 16.2 Å². The topological polar surface area (TPSA) is 82.6 Å². The van der Waals surface area contributed by atoms with Crippen molar-refractivity contribution >= 4 is 39.9 Å². The van der Waals surface area contributed by atoms with Crippen molar-refractivity contribution in [3.05, 3.63) is 41.4 Å². The number of para-hydroxylation sites is 1. The molecule has 0 spiro atoms. The third-order valence-corrected chi connectivity index (χ3v) is 5.16. The van der Waals surface area contributed by atoms with Gasteiger partial charge >= 0.3 is 0 Å². The SMILES string of the molecule is O=C(CN1C(=O)[C@H]2CCCN2C(=O)c2ccccc21)Nc1nccs1. The molecule has 4 rings (SSSR count). The van der Waals surface area contributed by atoms with Gasteiger partial charge in [-0.3, -0.25) is 14.4 Å². The predicted molar refractivity (Wildman–Crippen MR) is 93.6 cm³/mol. The summed E-state index contributed by atoms with van der Waals surface area (Å²) in [7, 11) is 0. The summed E-state index contributed by atoms with van der Waals surface area (Å²) < 4.78 is 0. The molecule has 1 N–H and O–H groups in total. The second-order valence-electron chi connectivity index (χ2n) is 5.98. The molecule has 1 aromatic carbocycles. The summed E-state index contributed by atoms with van der Waals surface area (Å²) in [4.78, 5) is 45.2. The average Bonchev–Trinajstić information content (AvgIpc) is 3.28. The maximum absolute atomic E-state index is 13.0. The predicted octanol–water partition coefficient (Wildman–Crippen LogP) is 1.73. The van der Waals surface area contributed by atoms with Crippen molar-refractivity contribution in [1.29, 1.82) is 0 Å². The van der Waals surface area contributed by atoms with Crippen molar-refractivity contribution in [3.63, 3.8) is 0 Å². The zero-order valence-electron chi connectivity index (χ0n) is 13.3. The molecule has 0 radical (unpaired) electrons. The van der Waals surface area contributed by atoms with Crippen LogP contribution in [0.1, 0.15) is 23.2 Å². The normalized spacial score (nSPS) is 19.4. The smallest absolute Gasteiger partial charge is 0.256 e. The summed E-state index contributed by atoms with van der Waals surface area (Å²) in [5, 5.41) is 4.93. The van der Waals surface area contributed by atoms with Crippen LogP contribution >= 0.6 is 11.3 Å². The summed E-state index contributed by atoms with van der Waals surface area (Å²) in [6.07, 6.45) is 3.02. The molecule has 1 saturated heterocycles. The number of hydrogen-bond acceptors (Lipinski definition) is 5. The third kappa shape index (κ3) is 2.78. The monoisotopic (exact) mass is 356 g/mol. The summed E-state index contributed by atoms with van der Waals surface area (Å²) in [5.41, 5.74) is 0.948. The van der Waals surface area contributed by atoms with E-state index in [1.807, 2.05) is 0 Å². The minimum absolute atomic E-state index is 0.144. The first kappa shape index (κ1) is 15.8. The van der Waals surface area contributed by atoms with E-state index in [2.05, 4.69) is 10.3 Å². The van der Waals surface area contributed by atoms with Gasteiger partial charge in [0, 0.05) is 18.1 Å². The Bertz CT molecular complexity index is 836. The van der Waals surface area contributed by atoms with Crippen molar-refractivity contribution in [2.24, 2.45) is 0 Å². The van der Waals surface area contributed by atoms with Crippen LogP contribution in [0.4, 0.5) is 10.8 Å². The Morgan fingerprint density at radius 3 is 2.96 bits per heavy atom. The Morgan fingerprint density at radius 1 is 1.32 bits per heavy atom. The molecule has 0 saturated carbocycles. The molecule has 128 valence electrons. The van der Waals surface area contributed by atoms with Crippen LogP contribution in [0.25, 0.3) is 0 Å². The van der Waals surface area contributed by atoms with Crippen molar-refractivity contribution in [3.8, 4) is 0 Å². The number of fused-ring (bicyclic) bond motifs is 2. The standard InChI is InChI=1S/C17H16N4O3S/c22-14(19-17-18-7-9-25-17)10-21-12-5-2-1-4-11(12)15(23)20-8-3-6-13(20)16(21)24/h1-2,4-5,7,9,13H,3,6,8,10H2,(H,18,19,22)/t13-/m1/s1. The molecule has 1 aromatic heterocycles. The molecule has 2 aliphatic heterocycles. The lowest BCUT2D eigenvalue weighted by Gasteiger charge is -2.25. The Hall–Kier alpha value is -2.74. The van der Waals surface area contributed by atoms with Gasteiger partial charge in [0.05, 0.1) is 11.3 Å². The number of carbonyl (C=O) groups excluding carboxylic acids is 3. The van der Waals surface area contributed by atoms with Gasteiger partial charge in [0.15, 0.2) is 5.13 Å². The van der Waals surface area contributed by atoms with Gasteiger partial charge in [-0.15, -0.1) is 11.3 Å². The second kappa shape index (κ2) is 6.29. The quantitative estimate of drug-likeness (QED) is 0.908. The van der Waals surface area contributed by atoms with Crippen molar-refractivity contribution in [2.45, 2.75) is 18.9 Å². The molecular formula is C17H16N4O3S. The first-order valence-corrected chi connectivity index (χ1v) is 8.94. The van der Waals surface area contributed by atoms with Gasteiger partial charge < -0.3 is 15.1 Å². The minimum Gasteiger partial charge on any atom is -0.327 e. The molecule has 1 fully saturated rings. The largest absolute Gasteiger partial charge is 0.327 e. The first-order chi connectivity index (χ1) is 12.1. The number of amides is 3. The lowest BCUT2D eigenvalue weighted by molar-refractivity contribution is -0.124. The van der Waals surface area contributed by atoms with Gasteiger partial charge in [-0.05, 0) is 25.0 Å². The molecule has 0 unspecified atom stereocenters. The van der Waals surface area contributed by atoms with E-state index < -0.39 is 6.04 Å². The highest BCUT2D eigenvalue weighted by molar-refractivity contribution is 7.13. The fourth-order valence-corrected chi connectivity index (χ4v) is 3.91. The molecular weight excluding hydrogens is 340 g/mol. The van der Waals surface area contributed by atoms with Crippen LogP contribution in [0.3, 0.4) is 0 Å². The number of thiazole rings is 1. The number of nitrogens with one attached hydrogen (secondary N) is 1. The van der Waals surface area contributed by atoms with Crippen LogP contribution in [0.2, 0.25) is 0 Å². The molecule has 2 aromatic rings. The number of aromatic nitrogens is 1. The average molecular weight is 356 g/mol. The van der Waals surface area contributed by atoms with Gasteiger partial charge in [-0.2, -0.15) is 0 Å². The third-order valence-electron chi connectivity index (χ3n) is 4.47. The molecule has 3 amide bonds. The number of benzene rings is 1. The van der Waals surface area contributed by atoms with Crippen LogP contribution < -0.4 is 10.2 Å². The molecule has 7 nitrogen and oxygen atoms in total. The van der Waals surface area contributed by atoms with Gasteiger partial charge in [-0.1, -0.05) is 12.1 Å². The van der Waals surface area contributed by atoms with E-state index in [0.29, 0.717) is 29.3 Å². The second-order valence-corrected chi connectivity index (χ2v) is 6.88. The van der Waals surface area contributed by atoms with Crippen LogP contribution in [0.15, 0.2) is 35.8 Å². The van der Waals surface area contributed by atoms with E-state index in [0.717, 1.165) is 6.42 Å². The summed E-state index contributed by atoms with van der Waals surface area (Å²) in [5.74, 6) is -0.684. The highest BCUT2D eigenvalue weighted by Gasteiger charge is 2.42. The summed E-state index contributed by atoms with van der Waals surface area (Å²) >= 11 is 1.31. The maximum atomic E-state index is 13.0. The number of anilines is 2. The van der Waals surface area contributed by atoms with Crippen molar-refractivity contribution in [2.75, 3.05) is 23.3 Å². The van der Waals surface area contributed by atoms with Crippen LogP contribution in [0, 0.1) is 0 Å². The Kier molecular flexibility index (Phi) is 3.96. The fraction of sp³-hybridized carbons (Fsp3) is 0.294. The van der Waals surface area contributed by atoms with Crippen molar-refractivity contribution < 1.29 is 14.4 Å². The molecule has 25 heavy (non-hydrogen) atoms. The summed E-state index contributed by atoms with van der Waals surface area (Å²) in [6, 6.07) is 6.46. The number of nitrogens with zero attached hydrogens (tertiary/aromatic N) is 3. The molecule has 0 aliphatic carbocycles. The van der Waals surface area contributed by atoms with Crippen LogP contribution in [-0.2, 0) is 9.59 Å². The highest BCUT2D eigenvalue weighted by Crippen LogP contribution is 2.32. The van der Waals surface area contributed by atoms with Crippen LogP contribution in [-0.4, -0.2) is 46.7 Å². The Labute approximate surface area is 148 Å². The van der Waals surface area contributed by atoms with Crippen LogP contribution in [0.5, 0.6) is 0 Å². The van der Waals surface area contributed by atoms with E-state index in [9.17, 15) is 14.4 Å². The van der Waals surface area contributed by atoms with Gasteiger partial charge in [-0.25, -0.2) is 4.98 Å².